The average Bonchev–Trinajstić information content (AvgIpc) is 2.90. The predicted molar refractivity (Wildman–Crippen MR) is 75.0 cm³/mol. The van der Waals surface area contributed by atoms with E-state index in [2.05, 4.69) is 36.4 Å². The minimum Gasteiger partial charge on any atom is -0.353 e. The highest BCUT2D eigenvalue weighted by Crippen LogP contribution is 2.15. The summed E-state index contributed by atoms with van der Waals surface area (Å²) in [5, 5.41) is 2.14. The Balaban J connectivity index is 1.68. The van der Waals surface area contributed by atoms with Gasteiger partial charge in [0.05, 0.1) is 13.2 Å². The zero-order valence-electron chi connectivity index (χ0n) is 11.3. The summed E-state index contributed by atoms with van der Waals surface area (Å²) in [6.45, 7) is 5.00. The minimum atomic E-state index is 0.00939. The van der Waals surface area contributed by atoms with Crippen molar-refractivity contribution in [2.75, 3.05) is 26.8 Å². The van der Waals surface area contributed by atoms with Crippen molar-refractivity contribution < 1.29 is 9.47 Å². The molecule has 2 rings (SSSR count). The van der Waals surface area contributed by atoms with Gasteiger partial charge < -0.3 is 14.4 Å². The molecule has 1 unspecified atom stereocenters. The summed E-state index contributed by atoms with van der Waals surface area (Å²) in [5.41, 5.74) is 0. The van der Waals surface area contributed by atoms with Crippen molar-refractivity contribution in [1.29, 1.82) is 0 Å². The molecule has 1 fully saturated rings. The summed E-state index contributed by atoms with van der Waals surface area (Å²) in [7, 11) is 2.18. The molecule has 0 bridgehead atoms. The Bertz CT molecular complexity index is 323. The van der Waals surface area contributed by atoms with E-state index in [-0.39, 0.29) is 6.29 Å². The summed E-state index contributed by atoms with van der Waals surface area (Å²) in [6, 6.07) is 4.89. The summed E-state index contributed by atoms with van der Waals surface area (Å²) in [5.74, 6) is 0. The molecule has 0 aromatic carbocycles. The first-order chi connectivity index (χ1) is 8.75. The number of rotatable bonds is 6. The van der Waals surface area contributed by atoms with E-state index < -0.39 is 0 Å². The van der Waals surface area contributed by atoms with Crippen LogP contribution in [0.2, 0.25) is 0 Å². The molecule has 102 valence electrons. The maximum absolute atomic E-state index is 5.57. The standard InChI is InChI=1S/C14H23NO2S/c1-12(11-13-5-3-10-18-13)15(2)7-6-14-16-8-4-9-17-14/h3,5,10,12,14H,4,6-9,11H2,1-2H3. The molecule has 0 spiro atoms. The van der Waals surface area contributed by atoms with Crippen LogP contribution < -0.4 is 0 Å². The fourth-order valence-corrected chi connectivity index (χ4v) is 2.93. The maximum Gasteiger partial charge on any atom is 0.158 e. The zero-order chi connectivity index (χ0) is 12.8. The maximum atomic E-state index is 5.57. The van der Waals surface area contributed by atoms with E-state index in [0.29, 0.717) is 6.04 Å². The fourth-order valence-electron chi connectivity index (χ4n) is 2.11. The van der Waals surface area contributed by atoms with Gasteiger partial charge in [-0.2, -0.15) is 0 Å². The molecule has 1 saturated heterocycles. The monoisotopic (exact) mass is 269 g/mol. The lowest BCUT2D eigenvalue weighted by molar-refractivity contribution is -0.182. The van der Waals surface area contributed by atoms with E-state index in [1.165, 1.54) is 4.88 Å². The molecule has 0 N–H and O–H groups in total. The first-order valence-electron chi connectivity index (χ1n) is 6.71. The highest BCUT2D eigenvalue weighted by Gasteiger charge is 2.17. The lowest BCUT2D eigenvalue weighted by Crippen LogP contribution is -2.35. The van der Waals surface area contributed by atoms with Crippen LogP contribution in [-0.4, -0.2) is 44.0 Å². The molecule has 0 saturated carbocycles. The van der Waals surface area contributed by atoms with Crippen molar-refractivity contribution in [2.45, 2.75) is 38.5 Å². The molecular formula is C14H23NO2S. The number of hydrogen-bond acceptors (Lipinski definition) is 4. The van der Waals surface area contributed by atoms with Crippen LogP contribution in [0.1, 0.15) is 24.6 Å². The van der Waals surface area contributed by atoms with Crippen molar-refractivity contribution in [2.24, 2.45) is 0 Å². The molecular weight excluding hydrogens is 246 g/mol. The van der Waals surface area contributed by atoms with E-state index in [1.54, 1.807) is 0 Å². The molecule has 1 aliphatic heterocycles. The van der Waals surface area contributed by atoms with Gasteiger partial charge in [-0.15, -0.1) is 11.3 Å². The van der Waals surface area contributed by atoms with Crippen LogP contribution in [0, 0.1) is 0 Å². The van der Waals surface area contributed by atoms with E-state index in [9.17, 15) is 0 Å². The van der Waals surface area contributed by atoms with Crippen LogP contribution >= 0.6 is 11.3 Å². The van der Waals surface area contributed by atoms with E-state index in [1.807, 2.05) is 11.3 Å². The van der Waals surface area contributed by atoms with Crippen molar-refractivity contribution in [3.05, 3.63) is 22.4 Å². The number of ether oxygens (including phenoxy) is 2. The minimum absolute atomic E-state index is 0.00939. The Hall–Kier alpha value is -0.420. The number of likely N-dealkylation sites (N-methyl/N-ethyl adjacent to an activating group) is 1. The summed E-state index contributed by atoms with van der Waals surface area (Å²) in [4.78, 5) is 3.85. The molecule has 1 aliphatic rings. The summed E-state index contributed by atoms with van der Waals surface area (Å²) >= 11 is 1.84. The third-order valence-corrected chi connectivity index (χ3v) is 4.34. The Morgan fingerprint density at radius 2 is 2.22 bits per heavy atom. The molecule has 3 nitrogen and oxygen atoms in total. The smallest absolute Gasteiger partial charge is 0.158 e. The van der Waals surface area contributed by atoms with Gasteiger partial charge in [0.25, 0.3) is 0 Å². The second kappa shape index (κ2) is 7.24. The topological polar surface area (TPSA) is 21.7 Å². The van der Waals surface area contributed by atoms with Gasteiger partial charge in [0, 0.05) is 23.9 Å². The van der Waals surface area contributed by atoms with Crippen LogP contribution in [0.4, 0.5) is 0 Å². The molecule has 0 amide bonds. The van der Waals surface area contributed by atoms with Crippen LogP contribution in [0.15, 0.2) is 17.5 Å². The molecule has 4 heteroatoms. The Kier molecular flexibility index (Phi) is 5.63. The third-order valence-electron chi connectivity index (χ3n) is 3.44. The largest absolute Gasteiger partial charge is 0.353 e. The number of nitrogens with zero attached hydrogens (tertiary/aromatic N) is 1. The van der Waals surface area contributed by atoms with Crippen molar-refractivity contribution in [3.8, 4) is 0 Å². The molecule has 1 atom stereocenters. The van der Waals surface area contributed by atoms with Crippen molar-refractivity contribution in [1.82, 2.24) is 4.90 Å². The average molecular weight is 269 g/mol. The van der Waals surface area contributed by atoms with Gasteiger partial charge in [0.1, 0.15) is 0 Å². The third kappa shape index (κ3) is 4.35. The molecule has 1 aromatic rings. The summed E-state index contributed by atoms with van der Waals surface area (Å²) < 4.78 is 11.1. The molecule has 1 aromatic heterocycles. The Labute approximate surface area is 114 Å². The predicted octanol–water partition coefficient (Wildman–Crippen LogP) is 2.76. The highest BCUT2D eigenvalue weighted by atomic mass is 32.1. The van der Waals surface area contributed by atoms with E-state index >= 15 is 0 Å². The van der Waals surface area contributed by atoms with E-state index in [0.717, 1.165) is 39.0 Å². The van der Waals surface area contributed by atoms with Crippen LogP contribution in [-0.2, 0) is 15.9 Å². The normalized spacial score (nSPS) is 19.3. The Morgan fingerprint density at radius 1 is 1.44 bits per heavy atom. The SMILES string of the molecule is CC(Cc1cccs1)N(C)CCC1OCCCO1. The van der Waals surface area contributed by atoms with Gasteiger partial charge in [-0.05, 0) is 38.3 Å². The van der Waals surface area contributed by atoms with Gasteiger partial charge in [-0.3, -0.25) is 0 Å². The lowest BCUT2D eigenvalue weighted by Gasteiger charge is -2.28. The highest BCUT2D eigenvalue weighted by molar-refractivity contribution is 7.09. The molecule has 18 heavy (non-hydrogen) atoms. The molecule has 0 radical (unpaired) electrons. The summed E-state index contributed by atoms with van der Waals surface area (Å²) in [6.07, 6.45) is 3.13. The zero-order valence-corrected chi connectivity index (χ0v) is 12.1. The van der Waals surface area contributed by atoms with Crippen molar-refractivity contribution in [3.63, 3.8) is 0 Å². The first kappa shape index (κ1) is 14.0. The second-order valence-corrected chi connectivity index (χ2v) is 5.96. The fraction of sp³-hybridized carbons (Fsp3) is 0.714. The Morgan fingerprint density at radius 3 is 2.89 bits per heavy atom. The van der Waals surface area contributed by atoms with E-state index in [4.69, 9.17) is 9.47 Å². The van der Waals surface area contributed by atoms with Gasteiger partial charge in [0.15, 0.2) is 6.29 Å². The molecule has 0 aliphatic carbocycles. The molecule has 2 heterocycles. The quantitative estimate of drug-likeness (QED) is 0.792. The van der Waals surface area contributed by atoms with Crippen molar-refractivity contribution >= 4 is 11.3 Å². The number of hydrogen-bond donors (Lipinski definition) is 0. The van der Waals surface area contributed by atoms with Gasteiger partial charge in [-0.25, -0.2) is 0 Å². The van der Waals surface area contributed by atoms with Crippen LogP contribution in [0.3, 0.4) is 0 Å². The lowest BCUT2D eigenvalue weighted by atomic mass is 10.2. The van der Waals surface area contributed by atoms with Gasteiger partial charge >= 0.3 is 0 Å². The van der Waals surface area contributed by atoms with Gasteiger partial charge in [0.2, 0.25) is 0 Å². The second-order valence-electron chi connectivity index (χ2n) is 4.93. The van der Waals surface area contributed by atoms with Gasteiger partial charge in [-0.1, -0.05) is 6.07 Å². The first-order valence-corrected chi connectivity index (χ1v) is 7.59. The van der Waals surface area contributed by atoms with Crippen LogP contribution in [0.25, 0.3) is 0 Å². The van der Waals surface area contributed by atoms with Crippen LogP contribution in [0.5, 0.6) is 0 Å². The number of thiophene rings is 1.